The van der Waals surface area contributed by atoms with Crippen molar-refractivity contribution in [2.24, 2.45) is 0 Å². The SMILES string of the molecule is CCCc1c(Cc2ccc(-c3ccccc3-c3noc(=O)[nH]3)c(F)c2)c(=O)n(C2CCCCC2)c2ncnn12. The van der Waals surface area contributed by atoms with Crippen LogP contribution < -0.4 is 11.3 Å². The maximum atomic E-state index is 15.6. The molecule has 3 heterocycles. The lowest BCUT2D eigenvalue weighted by molar-refractivity contribution is 0.348. The first-order valence-electron chi connectivity index (χ1n) is 13.4. The van der Waals surface area contributed by atoms with Crippen LogP contribution in [0.2, 0.25) is 0 Å². The van der Waals surface area contributed by atoms with E-state index in [9.17, 15) is 9.59 Å². The summed E-state index contributed by atoms with van der Waals surface area (Å²) in [7, 11) is 0. The Morgan fingerprint density at radius 1 is 1.05 bits per heavy atom. The van der Waals surface area contributed by atoms with Crippen LogP contribution in [0.5, 0.6) is 0 Å². The quantitative estimate of drug-likeness (QED) is 0.315. The molecule has 0 spiro atoms. The maximum Gasteiger partial charge on any atom is 0.439 e. The van der Waals surface area contributed by atoms with Gasteiger partial charge in [-0.15, -0.1) is 0 Å². The second-order valence-electron chi connectivity index (χ2n) is 10.1. The van der Waals surface area contributed by atoms with Crippen molar-refractivity contribution in [3.63, 3.8) is 0 Å². The van der Waals surface area contributed by atoms with Crippen LogP contribution in [0.25, 0.3) is 28.3 Å². The fourth-order valence-electron chi connectivity index (χ4n) is 5.78. The number of fused-ring (bicyclic) bond motifs is 1. The van der Waals surface area contributed by atoms with Crippen molar-refractivity contribution in [1.29, 1.82) is 0 Å². The van der Waals surface area contributed by atoms with Gasteiger partial charge < -0.3 is 0 Å². The number of rotatable bonds is 7. The average Bonchev–Trinajstić information content (AvgIpc) is 3.61. The molecule has 0 unspecified atom stereocenters. The number of aromatic nitrogens is 6. The minimum Gasteiger partial charge on any atom is -0.296 e. The average molecular weight is 529 g/mol. The van der Waals surface area contributed by atoms with Crippen LogP contribution in [-0.2, 0) is 12.8 Å². The van der Waals surface area contributed by atoms with Gasteiger partial charge in [-0.3, -0.25) is 18.9 Å². The van der Waals surface area contributed by atoms with Gasteiger partial charge in [-0.05, 0) is 36.5 Å². The molecule has 0 aliphatic heterocycles. The molecule has 2 aromatic carbocycles. The molecule has 0 radical (unpaired) electrons. The van der Waals surface area contributed by atoms with Gasteiger partial charge >= 0.3 is 5.76 Å². The zero-order chi connectivity index (χ0) is 26.9. The molecule has 0 saturated heterocycles. The van der Waals surface area contributed by atoms with Gasteiger partial charge in [-0.2, -0.15) is 10.1 Å². The predicted molar refractivity (Wildman–Crippen MR) is 144 cm³/mol. The Bertz CT molecular complexity index is 1760. The molecule has 1 fully saturated rings. The fourth-order valence-corrected chi connectivity index (χ4v) is 5.78. The Hall–Kier alpha value is -4.34. The minimum atomic E-state index is -0.679. The highest BCUT2D eigenvalue weighted by Crippen LogP contribution is 2.33. The lowest BCUT2D eigenvalue weighted by Crippen LogP contribution is -2.33. The second kappa shape index (κ2) is 10.4. The Kier molecular flexibility index (Phi) is 6.68. The van der Waals surface area contributed by atoms with Crippen LogP contribution in [0.15, 0.2) is 62.9 Å². The van der Waals surface area contributed by atoms with E-state index >= 15 is 4.39 Å². The van der Waals surface area contributed by atoms with Crippen LogP contribution in [0, 0.1) is 5.82 Å². The summed E-state index contributed by atoms with van der Waals surface area (Å²) in [6, 6.07) is 12.2. The zero-order valence-electron chi connectivity index (χ0n) is 21.7. The van der Waals surface area contributed by atoms with Crippen molar-refractivity contribution >= 4 is 5.78 Å². The van der Waals surface area contributed by atoms with Crippen LogP contribution >= 0.6 is 0 Å². The van der Waals surface area contributed by atoms with E-state index in [2.05, 4.69) is 31.7 Å². The van der Waals surface area contributed by atoms with Crippen molar-refractivity contribution in [2.75, 3.05) is 0 Å². The molecule has 10 heteroatoms. The first-order chi connectivity index (χ1) is 19.0. The van der Waals surface area contributed by atoms with Crippen LogP contribution in [0.1, 0.15) is 68.3 Å². The van der Waals surface area contributed by atoms with Crippen molar-refractivity contribution < 1.29 is 8.91 Å². The molecular formula is C29H29FN6O3. The topological polar surface area (TPSA) is 111 Å². The van der Waals surface area contributed by atoms with Gasteiger partial charge in [0.15, 0.2) is 5.82 Å². The Balaban J connectivity index is 1.42. The summed E-state index contributed by atoms with van der Waals surface area (Å²) in [4.78, 5) is 32.5. The number of hydrogen-bond acceptors (Lipinski definition) is 6. The van der Waals surface area contributed by atoms with Crippen molar-refractivity contribution in [3.05, 3.63) is 92.3 Å². The molecule has 1 N–H and O–H groups in total. The minimum absolute atomic E-state index is 0.0596. The molecule has 9 nitrogen and oxygen atoms in total. The molecule has 0 bridgehead atoms. The summed E-state index contributed by atoms with van der Waals surface area (Å²) in [6.07, 6.45) is 8.51. The summed E-state index contributed by atoms with van der Waals surface area (Å²) < 4.78 is 23.9. The molecule has 0 atom stereocenters. The van der Waals surface area contributed by atoms with E-state index in [-0.39, 0.29) is 23.8 Å². The Morgan fingerprint density at radius 2 is 1.85 bits per heavy atom. The number of halogens is 1. The number of aryl methyl sites for hydroxylation is 1. The maximum absolute atomic E-state index is 15.6. The molecular weight excluding hydrogens is 499 g/mol. The summed E-state index contributed by atoms with van der Waals surface area (Å²) in [5.74, 6) is -0.296. The third-order valence-electron chi connectivity index (χ3n) is 7.58. The second-order valence-corrected chi connectivity index (χ2v) is 10.1. The van der Waals surface area contributed by atoms with Gasteiger partial charge in [0.05, 0.1) is 5.69 Å². The van der Waals surface area contributed by atoms with Gasteiger partial charge in [0.2, 0.25) is 5.78 Å². The van der Waals surface area contributed by atoms with Gasteiger partial charge in [0.25, 0.3) is 5.56 Å². The molecule has 1 saturated carbocycles. The van der Waals surface area contributed by atoms with Crippen molar-refractivity contribution in [3.8, 4) is 22.5 Å². The molecule has 6 rings (SSSR count). The van der Waals surface area contributed by atoms with Gasteiger partial charge in [-0.25, -0.2) is 13.7 Å². The molecule has 1 aliphatic rings. The summed E-state index contributed by atoms with van der Waals surface area (Å²) in [5, 5.41) is 8.24. The third-order valence-corrected chi connectivity index (χ3v) is 7.58. The highest BCUT2D eigenvalue weighted by molar-refractivity contribution is 5.80. The lowest BCUT2D eigenvalue weighted by atomic mass is 9.94. The zero-order valence-corrected chi connectivity index (χ0v) is 21.7. The first-order valence-corrected chi connectivity index (χ1v) is 13.4. The summed E-state index contributed by atoms with van der Waals surface area (Å²) >= 11 is 0. The normalized spacial score (nSPS) is 14.3. The molecule has 1 aliphatic carbocycles. The highest BCUT2D eigenvalue weighted by atomic mass is 19.1. The summed E-state index contributed by atoms with van der Waals surface area (Å²) in [6.45, 7) is 2.06. The number of nitrogens with zero attached hydrogens (tertiary/aromatic N) is 5. The van der Waals surface area contributed by atoms with Crippen molar-refractivity contribution in [1.82, 2.24) is 29.3 Å². The Morgan fingerprint density at radius 3 is 2.56 bits per heavy atom. The largest absolute Gasteiger partial charge is 0.439 e. The monoisotopic (exact) mass is 528 g/mol. The number of nitrogens with one attached hydrogen (secondary N) is 1. The number of H-pyrrole nitrogens is 1. The molecule has 39 heavy (non-hydrogen) atoms. The standard InChI is InChI=1S/C29H29FN6O3/c1-2-8-25-23(27(37)35(19-9-4-3-5-10-19)28-31-17-32-36(25)28)15-18-13-14-21(24(30)16-18)20-11-6-7-12-22(20)26-33-29(38)39-34-26/h6-7,11-14,16-17,19H,2-5,8-10,15H2,1H3,(H,33,34,38). The van der Waals surface area contributed by atoms with E-state index in [1.54, 1.807) is 34.8 Å². The van der Waals surface area contributed by atoms with E-state index < -0.39 is 11.6 Å². The lowest BCUT2D eigenvalue weighted by Gasteiger charge is -2.25. The van der Waals surface area contributed by atoms with Gasteiger partial charge in [0, 0.05) is 29.2 Å². The third kappa shape index (κ3) is 4.60. The van der Waals surface area contributed by atoms with Crippen LogP contribution in [0.4, 0.5) is 4.39 Å². The smallest absolute Gasteiger partial charge is 0.296 e. The van der Waals surface area contributed by atoms with Gasteiger partial charge in [-0.1, -0.05) is 74.2 Å². The molecule has 3 aromatic heterocycles. The highest BCUT2D eigenvalue weighted by Gasteiger charge is 2.25. The molecule has 0 amide bonds. The van der Waals surface area contributed by atoms with Crippen molar-refractivity contribution in [2.45, 2.75) is 64.3 Å². The van der Waals surface area contributed by atoms with E-state index in [1.165, 1.54) is 18.8 Å². The van der Waals surface area contributed by atoms with Gasteiger partial charge in [0.1, 0.15) is 12.1 Å². The molecule has 5 aromatic rings. The van der Waals surface area contributed by atoms with E-state index in [0.29, 0.717) is 40.0 Å². The number of aromatic amines is 1. The van der Waals surface area contributed by atoms with Crippen LogP contribution in [0.3, 0.4) is 0 Å². The predicted octanol–water partition coefficient (Wildman–Crippen LogP) is 5.09. The Labute approximate surface area is 223 Å². The molecule has 200 valence electrons. The summed E-state index contributed by atoms with van der Waals surface area (Å²) in [5.41, 5.74) is 3.57. The number of benzene rings is 2. The van der Waals surface area contributed by atoms with E-state index in [4.69, 9.17) is 0 Å². The van der Waals surface area contributed by atoms with E-state index in [0.717, 1.165) is 37.8 Å². The fraction of sp³-hybridized carbons (Fsp3) is 0.345. The number of hydrogen-bond donors (Lipinski definition) is 1. The van der Waals surface area contributed by atoms with E-state index in [1.807, 2.05) is 10.6 Å². The first kappa shape index (κ1) is 25.0. The van der Waals surface area contributed by atoms with Crippen LogP contribution in [-0.4, -0.2) is 29.3 Å².